The number of carbonyl (C=O) groups is 1. The first-order chi connectivity index (χ1) is 8.25. The molecule has 0 unspecified atom stereocenters. The molecule has 0 aliphatic carbocycles. The minimum Gasteiger partial charge on any atom is -0.365 e. The van der Waals surface area contributed by atoms with Gasteiger partial charge in [-0.1, -0.05) is 18.2 Å². The zero-order chi connectivity index (χ0) is 11.8. The van der Waals surface area contributed by atoms with Gasteiger partial charge in [0.25, 0.3) is 5.91 Å². The van der Waals surface area contributed by atoms with Gasteiger partial charge in [0.15, 0.2) is 5.82 Å². The molecule has 0 radical (unpaired) electrons. The quantitative estimate of drug-likeness (QED) is 0.743. The Bertz CT molecular complexity index is 667. The van der Waals surface area contributed by atoms with Crippen molar-refractivity contribution in [2.45, 2.75) is 0 Å². The summed E-state index contributed by atoms with van der Waals surface area (Å²) in [7, 11) is 0. The molecular formula is C11H8N4OS. The molecule has 0 bridgehead atoms. The van der Waals surface area contributed by atoms with Crippen molar-refractivity contribution >= 4 is 28.1 Å². The first-order valence-electron chi connectivity index (χ1n) is 4.94. The van der Waals surface area contributed by atoms with Gasteiger partial charge in [0.05, 0.1) is 11.0 Å². The number of nitrogens with zero attached hydrogens (tertiary/aromatic N) is 3. The van der Waals surface area contributed by atoms with Gasteiger partial charge in [-0.3, -0.25) is 4.79 Å². The van der Waals surface area contributed by atoms with Crippen LogP contribution in [0.1, 0.15) is 9.67 Å². The predicted octanol–water partition coefficient (Wildman–Crippen LogP) is 1.58. The van der Waals surface area contributed by atoms with Gasteiger partial charge < -0.3 is 5.73 Å². The largest absolute Gasteiger partial charge is 0.365 e. The fourth-order valence-corrected chi connectivity index (χ4v) is 2.27. The smallest absolute Gasteiger partial charge is 0.262 e. The fraction of sp³-hybridized carbons (Fsp3) is 0. The van der Waals surface area contributed by atoms with E-state index in [-0.39, 0.29) is 0 Å². The molecule has 0 spiro atoms. The van der Waals surface area contributed by atoms with Crippen LogP contribution in [0.5, 0.6) is 0 Å². The third kappa shape index (κ3) is 1.58. The zero-order valence-corrected chi connectivity index (χ0v) is 9.52. The van der Waals surface area contributed by atoms with Crippen LogP contribution in [0, 0.1) is 0 Å². The molecule has 0 atom stereocenters. The lowest BCUT2D eigenvalue weighted by molar-refractivity contribution is 0.100. The van der Waals surface area contributed by atoms with Crippen molar-refractivity contribution in [1.29, 1.82) is 0 Å². The van der Waals surface area contributed by atoms with E-state index in [1.54, 1.807) is 10.2 Å². The normalized spacial score (nSPS) is 10.8. The summed E-state index contributed by atoms with van der Waals surface area (Å²) in [6, 6.07) is 7.71. The van der Waals surface area contributed by atoms with Crippen molar-refractivity contribution in [3.05, 3.63) is 40.8 Å². The highest BCUT2D eigenvalue weighted by molar-refractivity contribution is 7.12. The second kappa shape index (κ2) is 3.67. The number of rotatable bonds is 2. The number of hydrogen-bond acceptors (Lipinski definition) is 4. The summed E-state index contributed by atoms with van der Waals surface area (Å²) in [4.78, 5) is 15.8. The molecule has 17 heavy (non-hydrogen) atoms. The van der Waals surface area contributed by atoms with Crippen molar-refractivity contribution in [2.24, 2.45) is 5.73 Å². The Hall–Kier alpha value is -2.21. The minimum atomic E-state index is -0.484. The number of fused-ring (bicyclic) bond motifs is 1. The van der Waals surface area contributed by atoms with Crippen molar-refractivity contribution in [3.8, 4) is 5.82 Å². The SMILES string of the molecule is NC(=O)c1scnc1-n1cc2ccccc2n1. The van der Waals surface area contributed by atoms with Crippen molar-refractivity contribution in [3.63, 3.8) is 0 Å². The molecule has 84 valence electrons. The molecule has 3 rings (SSSR count). The Morgan fingerprint density at radius 2 is 2.18 bits per heavy atom. The van der Waals surface area contributed by atoms with Crippen LogP contribution in [0.3, 0.4) is 0 Å². The topological polar surface area (TPSA) is 73.8 Å². The van der Waals surface area contributed by atoms with Crippen LogP contribution in [0.4, 0.5) is 0 Å². The Morgan fingerprint density at radius 1 is 1.35 bits per heavy atom. The van der Waals surface area contributed by atoms with E-state index in [1.807, 2.05) is 30.5 Å². The van der Waals surface area contributed by atoms with Gasteiger partial charge in [-0.15, -0.1) is 11.3 Å². The van der Waals surface area contributed by atoms with Crippen molar-refractivity contribution in [2.75, 3.05) is 0 Å². The number of thiazole rings is 1. The van der Waals surface area contributed by atoms with E-state index in [0.29, 0.717) is 10.7 Å². The van der Waals surface area contributed by atoms with E-state index < -0.39 is 5.91 Å². The van der Waals surface area contributed by atoms with Crippen LogP contribution in [0.25, 0.3) is 16.7 Å². The van der Waals surface area contributed by atoms with Gasteiger partial charge in [0, 0.05) is 11.6 Å². The van der Waals surface area contributed by atoms with Crippen LogP contribution < -0.4 is 5.73 Å². The lowest BCUT2D eigenvalue weighted by Crippen LogP contribution is -2.12. The summed E-state index contributed by atoms with van der Waals surface area (Å²) in [6.45, 7) is 0. The molecule has 0 saturated carbocycles. The zero-order valence-electron chi connectivity index (χ0n) is 8.70. The summed E-state index contributed by atoms with van der Waals surface area (Å²) in [5.41, 5.74) is 7.72. The van der Waals surface area contributed by atoms with Gasteiger partial charge >= 0.3 is 0 Å². The maximum Gasteiger partial charge on any atom is 0.262 e. The standard InChI is InChI=1S/C11H8N4OS/c12-10(16)9-11(13-6-17-9)15-5-7-3-1-2-4-8(7)14-15/h1-6H,(H2,12,16). The Labute approximate surface area is 101 Å². The molecule has 0 aliphatic rings. The van der Waals surface area contributed by atoms with Gasteiger partial charge in [0.1, 0.15) is 4.88 Å². The lowest BCUT2D eigenvalue weighted by atomic mass is 10.3. The maximum absolute atomic E-state index is 11.2. The number of benzene rings is 1. The van der Waals surface area contributed by atoms with Crippen molar-refractivity contribution in [1.82, 2.24) is 14.8 Å². The maximum atomic E-state index is 11.2. The van der Waals surface area contributed by atoms with E-state index in [4.69, 9.17) is 5.73 Å². The van der Waals surface area contributed by atoms with E-state index in [0.717, 1.165) is 10.9 Å². The molecule has 2 heterocycles. The minimum absolute atomic E-state index is 0.415. The van der Waals surface area contributed by atoms with Gasteiger partial charge in [-0.25, -0.2) is 9.67 Å². The lowest BCUT2D eigenvalue weighted by Gasteiger charge is -1.97. The summed E-state index contributed by atoms with van der Waals surface area (Å²) in [5.74, 6) is 0.000700. The van der Waals surface area contributed by atoms with Crippen LogP contribution in [0.2, 0.25) is 0 Å². The summed E-state index contributed by atoms with van der Waals surface area (Å²) >= 11 is 1.22. The number of carbonyl (C=O) groups excluding carboxylic acids is 1. The van der Waals surface area contributed by atoms with E-state index in [2.05, 4.69) is 10.1 Å². The molecule has 6 heteroatoms. The molecule has 1 amide bonds. The molecule has 2 aromatic heterocycles. The third-order valence-corrected chi connectivity index (χ3v) is 3.23. The number of nitrogens with two attached hydrogens (primary N) is 1. The Kier molecular flexibility index (Phi) is 2.15. The van der Waals surface area contributed by atoms with Crippen LogP contribution in [0.15, 0.2) is 36.0 Å². The fourth-order valence-electron chi connectivity index (χ4n) is 1.64. The van der Waals surface area contributed by atoms with E-state index in [9.17, 15) is 4.79 Å². The predicted molar refractivity (Wildman–Crippen MR) is 65.3 cm³/mol. The monoisotopic (exact) mass is 244 g/mol. The first kappa shape index (κ1) is 9.98. The Morgan fingerprint density at radius 3 is 2.94 bits per heavy atom. The average Bonchev–Trinajstić information content (AvgIpc) is 2.95. The molecular weight excluding hydrogens is 236 g/mol. The molecule has 1 aromatic carbocycles. The van der Waals surface area contributed by atoms with Gasteiger partial charge in [-0.05, 0) is 6.07 Å². The molecule has 3 aromatic rings. The molecule has 2 N–H and O–H groups in total. The third-order valence-electron chi connectivity index (χ3n) is 2.40. The van der Waals surface area contributed by atoms with Crippen LogP contribution >= 0.6 is 11.3 Å². The second-order valence-corrected chi connectivity index (χ2v) is 4.36. The van der Waals surface area contributed by atoms with Gasteiger partial charge in [0.2, 0.25) is 0 Å². The van der Waals surface area contributed by atoms with E-state index >= 15 is 0 Å². The molecule has 0 aliphatic heterocycles. The summed E-state index contributed by atoms with van der Waals surface area (Å²) < 4.78 is 1.58. The summed E-state index contributed by atoms with van der Waals surface area (Å²) in [5, 5.41) is 5.35. The molecule has 0 fully saturated rings. The Balaban J connectivity index is 2.20. The van der Waals surface area contributed by atoms with Crippen molar-refractivity contribution < 1.29 is 4.79 Å². The second-order valence-electron chi connectivity index (χ2n) is 3.50. The summed E-state index contributed by atoms with van der Waals surface area (Å²) in [6.07, 6.45) is 1.83. The van der Waals surface area contributed by atoms with Crippen LogP contribution in [-0.2, 0) is 0 Å². The van der Waals surface area contributed by atoms with Crippen LogP contribution in [-0.4, -0.2) is 20.7 Å². The highest BCUT2D eigenvalue weighted by Gasteiger charge is 2.14. The molecule has 5 nitrogen and oxygen atoms in total. The highest BCUT2D eigenvalue weighted by Crippen LogP contribution is 2.19. The first-order valence-corrected chi connectivity index (χ1v) is 5.82. The average molecular weight is 244 g/mol. The van der Waals surface area contributed by atoms with E-state index in [1.165, 1.54) is 11.3 Å². The number of aromatic nitrogens is 3. The highest BCUT2D eigenvalue weighted by atomic mass is 32.1. The number of primary amides is 1. The number of amides is 1. The number of hydrogen-bond donors (Lipinski definition) is 1. The van der Waals surface area contributed by atoms with Gasteiger partial charge in [-0.2, -0.15) is 5.10 Å². The molecule has 0 saturated heterocycles.